The molecule has 3 heteroatoms. The quantitative estimate of drug-likeness (QED) is 0.615. The minimum absolute atomic E-state index is 0.318. The molecule has 146 valence electrons. The topological polar surface area (TPSA) is 40.5 Å². The first-order valence-corrected chi connectivity index (χ1v) is 9.76. The minimum atomic E-state index is -0.880. The second-order valence-electron chi connectivity index (χ2n) is 8.75. The highest BCUT2D eigenvalue weighted by molar-refractivity contribution is 5.87. The van der Waals surface area contributed by atoms with Crippen LogP contribution in [-0.2, 0) is 6.42 Å². The fourth-order valence-corrected chi connectivity index (χ4v) is 3.68. The highest BCUT2D eigenvalue weighted by atomic mass is 16.4. The van der Waals surface area contributed by atoms with Crippen molar-refractivity contribution in [1.82, 2.24) is 4.90 Å². The van der Waals surface area contributed by atoms with Gasteiger partial charge in [-0.1, -0.05) is 63.3 Å². The first-order valence-electron chi connectivity index (χ1n) is 9.76. The maximum atomic E-state index is 11.0. The minimum Gasteiger partial charge on any atom is -0.478 e. The molecule has 2 rings (SSSR count). The van der Waals surface area contributed by atoms with Crippen LogP contribution in [0.5, 0.6) is 0 Å². The molecular weight excluding hydrogens is 334 g/mol. The molecule has 1 aliphatic rings. The van der Waals surface area contributed by atoms with Gasteiger partial charge in [-0.25, -0.2) is 4.79 Å². The van der Waals surface area contributed by atoms with E-state index in [2.05, 4.69) is 57.4 Å². The van der Waals surface area contributed by atoms with Crippen LogP contribution in [0, 0.1) is 5.41 Å². The maximum absolute atomic E-state index is 11.0. The second-order valence-corrected chi connectivity index (χ2v) is 8.75. The molecule has 1 aliphatic heterocycles. The predicted molar refractivity (Wildman–Crippen MR) is 113 cm³/mol. The molecule has 0 spiro atoms. The van der Waals surface area contributed by atoms with E-state index in [1.54, 1.807) is 12.1 Å². The van der Waals surface area contributed by atoms with Gasteiger partial charge in [0, 0.05) is 18.3 Å². The van der Waals surface area contributed by atoms with Crippen LogP contribution in [-0.4, -0.2) is 28.6 Å². The molecule has 1 heterocycles. The van der Waals surface area contributed by atoms with Gasteiger partial charge in [-0.2, -0.15) is 0 Å². The lowest BCUT2D eigenvalue weighted by molar-refractivity contribution is 0.0697. The van der Waals surface area contributed by atoms with E-state index in [1.807, 2.05) is 12.1 Å². The maximum Gasteiger partial charge on any atom is 0.335 e. The van der Waals surface area contributed by atoms with E-state index < -0.39 is 5.97 Å². The molecule has 1 aromatic carbocycles. The first kappa shape index (κ1) is 21.0. The summed E-state index contributed by atoms with van der Waals surface area (Å²) in [5, 5.41) is 9.00. The highest BCUT2D eigenvalue weighted by Crippen LogP contribution is 2.28. The van der Waals surface area contributed by atoms with Gasteiger partial charge in [0.1, 0.15) is 0 Å². The number of hydrogen-bond acceptors (Lipinski definition) is 2. The van der Waals surface area contributed by atoms with Gasteiger partial charge in [0.15, 0.2) is 0 Å². The summed E-state index contributed by atoms with van der Waals surface area (Å²) < 4.78 is 0. The Balaban J connectivity index is 1.94. The first-order chi connectivity index (χ1) is 12.7. The van der Waals surface area contributed by atoms with E-state index in [1.165, 1.54) is 11.3 Å². The van der Waals surface area contributed by atoms with Crippen LogP contribution in [0.3, 0.4) is 0 Å². The average Bonchev–Trinajstić information content (AvgIpc) is 2.92. The van der Waals surface area contributed by atoms with E-state index in [9.17, 15) is 4.79 Å². The van der Waals surface area contributed by atoms with Gasteiger partial charge >= 0.3 is 5.97 Å². The zero-order valence-corrected chi connectivity index (χ0v) is 17.2. The molecule has 27 heavy (non-hydrogen) atoms. The van der Waals surface area contributed by atoms with Gasteiger partial charge in [0.05, 0.1) is 5.56 Å². The highest BCUT2D eigenvalue weighted by Gasteiger charge is 2.24. The molecule has 1 N–H and O–H groups in total. The Morgan fingerprint density at radius 1 is 1.30 bits per heavy atom. The Labute approximate surface area is 164 Å². The predicted octanol–water partition coefficient (Wildman–Crippen LogP) is 5.84. The average molecular weight is 368 g/mol. The van der Waals surface area contributed by atoms with Crippen molar-refractivity contribution in [2.24, 2.45) is 5.41 Å². The van der Waals surface area contributed by atoms with E-state index in [-0.39, 0.29) is 0 Å². The van der Waals surface area contributed by atoms with Crippen molar-refractivity contribution in [2.75, 3.05) is 6.54 Å². The third-order valence-corrected chi connectivity index (χ3v) is 4.90. The summed E-state index contributed by atoms with van der Waals surface area (Å²) in [4.78, 5) is 13.3. The number of likely N-dealkylation sites (tertiary alicyclic amines) is 1. The molecule has 0 bridgehead atoms. The lowest BCUT2D eigenvalue weighted by Gasteiger charge is -2.25. The Morgan fingerprint density at radius 3 is 2.56 bits per heavy atom. The zero-order chi connectivity index (χ0) is 20.0. The number of nitrogens with zero attached hydrogens (tertiary/aromatic N) is 1. The molecule has 1 fully saturated rings. The summed E-state index contributed by atoms with van der Waals surface area (Å²) in [6.07, 6.45) is 10.9. The van der Waals surface area contributed by atoms with Crippen molar-refractivity contribution in [1.29, 1.82) is 0 Å². The van der Waals surface area contributed by atoms with Crippen LogP contribution < -0.4 is 0 Å². The standard InChI is InChI=1S/C24H33NO2/c1-18(17-24(3,4)5)7-6-8-22-14-9-19(2)25(22)16-15-20-10-12-21(13-11-20)23(26)27/h6-8,10-13,22H,2,9,14-17H2,1,3-5H3,(H,26,27)/b8-6+,18-7+/t22-/m0/s1. The molecule has 3 nitrogen and oxygen atoms in total. The fourth-order valence-electron chi connectivity index (χ4n) is 3.68. The van der Waals surface area contributed by atoms with Crippen LogP contribution in [0.25, 0.3) is 0 Å². The number of carboxylic acids is 1. The molecule has 1 atom stereocenters. The third kappa shape index (κ3) is 6.74. The van der Waals surface area contributed by atoms with Crippen molar-refractivity contribution >= 4 is 5.97 Å². The van der Waals surface area contributed by atoms with Crippen molar-refractivity contribution in [2.45, 2.75) is 59.4 Å². The van der Waals surface area contributed by atoms with Crippen LogP contribution in [0.2, 0.25) is 0 Å². The molecule has 0 aliphatic carbocycles. The van der Waals surface area contributed by atoms with Crippen LogP contribution >= 0.6 is 0 Å². The third-order valence-electron chi connectivity index (χ3n) is 4.90. The zero-order valence-electron chi connectivity index (χ0n) is 17.2. The monoisotopic (exact) mass is 367 g/mol. The summed E-state index contributed by atoms with van der Waals surface area (Å²) in [6.45, 7) is 14.1. The largest absolute Gasteiger partial charge is 0.478 e. The summed E-state index contributed by atoms with van der Waals surface area (Å²) in [6, 6.07) is 7.57. The van der Waals surface area contributed by atoms with Crippen LogP contribution in [0.15, 0.2) is 60.3 Å². The van der Waals surface area contributed by atoms with Gasteiger partial charge in [-0.05, 0) is 55.7 Å². The smallest absolute Gasteiger partial charge is 0.335 e. The van der Waals surface area contributed by atoms with Crippen LogP contribution in [0.4, 0.5) is 0 Å². The van der Waals surface area contributed by atoms with E-state index in [4.69, 9.17) is 5.11 Å². The van der Waals surface area contributed by atoms with Gasteiger partial charge in [0.2, 0.25) is 0 Å². The lowest BCUT2D eigenvalue weighted by Crippen LogP contribution is -2.28. The molecule has 0 amide bonds. The SMILES string of the molecule is C=C1CC[C@H](/C=C/C=C(\C)CC(C)(C)C)N1CCc1ccc(C(=O)O)cc1. The molecule has 0 saturated carbocycles. The molecule has 1 saturated heterocycles. The number of hydrogen-bond donors (Lipinski definition) is 1. The summed E-state index contributed by atoms with van der Waals surface area (Å²) in [7, 11) is 0. The molecule has 0 radical (unpaired) electrons. The van der Waals surface area contributed by atoms with E-state index >= 15 is 0 Å². The Bertz CT molecular complexity index is 720. The van der Waals surface area contributed by atoms with Gasteiger partial charge in [-0.15, -0.1) is 0 Å². The molecule has 0 unspecified atom stereocenters. The van der Waals surface area contributed by atoms with E-state index in [0.29, 0.717) is 17.0 Å². The molecular formula is C24H33NO2. The normalized spacial score (nSPS) is 18.5. The van der Waals surface area contributed by atoms with Gasteiger partial charge in [-0.3, -0.25) is 0 Å². The number of allylic oxidation sites excluding steroid dienone is 4. The van der Waals surface area contributed by atoms with Crippen molar-refractivity contribution in [3.63, 3.8) is 0 Å². The Morgan fingerprint density at radius 2 is 1.96 bits per heavy atom. The Hall–Kier alpha value is -2.29. The van der Waals surface area contributed by atoms with Crippen molar-refractivity contribution in [3.8, 4) is 0 Å². The van der Waals surface area contributed by atoms with Crippen molar-refractivity contribution in [3.05, 3.63) is 71.5 Å². The van der Waals surface area contributed by atoms with Gasteiger partial charge in [0.25, 0.3) is 0 Å². The lowest BCUT2D eigenvalue weighted by atomic mass is 9.88. The van der Waals surface area contributed by atoms with Crippen LogP contribution in [0.1, 0.15) is 62.9 Å². The van der Waals surface area contributed by atoms with E-state index in [0.717, 1.165) is 37.8 Å². The number of benzene rings is 1. The number of carbonyl (C=O) groups is 1. The van der Waals surface area contributed by atoms with Gasteiger partial charge < -0.3 is 10.0 Å². The fraction of sp³-hybridized carbons (Fsp3) is 0.458. The number of carboxylic acid groups (broad SMARTS) is 1. The van der Waals surface area contributed by atoms with Crippen molar-refractivity contribution < 1.29 is 9.90 Å². The number of rotatable bonds is 7. The summed E-state index contributed by atoms with van der Waals surface area (Å²) in [5.41, 5.74) is 4.41. The second kappa shape index (κ2) is 9.07. The molecule has 0 aromatic heterocycles. The summed E-state index contributed by atoms with van der Waals surface area (Å²) >= 11 is 0. The summed E-state index contributed by atoms with van der Waals surface area (Å²) in [5.74, 6) is -0.880. The Kier molecular flexibility index (Phi) is 7.06. The number of aromatic carboxylic acids is 1. The molecule has 1 aromatic rings.